The number of carbonyl (C=O) groups excluding carboxylic acids is 2. The van der Waals surface area contributed by atoms with Crippen LogP contribution < -0.4 is 11.1 Å². The number of likely N-dealkylation sites (tertiary alicyclic amines) is 1. The number of carbonyl (C=O) groups is 2. The highest BCUT2D eigenvalue weighted by Gasteiger charge is 2.32. The van der Waals surface area contributed by atoms with E-state index in [0.717, 1.165) is 42.3 Å². The van der Waals surface area contributed by atoms with Gasteiger partial charge in [-0.1, -0.05) is 0 Å². The van der Waals surface area contributed by atoms with Crippen molar-refractivity contribution in [1.29, 1.82) is 0 Å². The van der Waals surface area contributed by atoms with E-state index in [1.807, 2.05) is 17.9 Å². The molecule has 1 saturated heterocycles. The summed E-state index contributed by atoms with van der Waals surface area (Å²) >= 11 is 0. The minimum Gasteiger partial charge on any atom is -0.382 e. The van der Waals surface area contributed by atoms with Gasteiger partial charge in [-0.05, 0) is 62.2 Å². The molecule has 43 heavy (non-hydrogen) atoms. The Morgan fingerprint density at radius 1 is 1.09 bits per heavy atom. The molecule has 5 aromatic rings. The highest BCUT2D eigenvalue weighted by Crippen LogP contribution is 2.35. The van der Waals surface area contributed by atoms with E-state index in [1.165, 1.54) is 18.3 Å². The molecule has 0 radical (unpaired) electrons. The summed E-state index contributed by atoms with van der Waals surface area (Å²) in [4.78, 5) is 35.8. The molecule has 14 heteroatoms. The number of nitrogens with two attached hydrogens (primary N) is 1. The number of anilines is 2. The molecule has 220 valence electrons. The molecule has 0 spiro atoms. The van der Waals surface area contributed by atoms with Crippen LogP contribution in [-0.2, 0) is 6.18 Å². The first kappa shape index (κ1) is 27.9. The molecule has 1 aromatic carbocycles. The van der Waals surface area contributed by atoms with E-state index in [-0.39, 0.29) is 29.0 Å². The van der Waals surface area contributed by atoms with E-state index in [0.29, 0.717) is 35.6 Å². The third kappa shape index (κ3) is 5.38. The second-order valence-electron chi connectivity index (χ2n) is 10.3. The summed E-state index contributed by atoms with van der Waals surface area (Å²) < 4.78 is 40.8. The number of amides is 2. The first-order valence-electron chi connectivity index (χ1n) is 13.5. The van der Waals surface area contributed by atoms with Gasteiger partial charge in [0.25, 0.3) is 11.8 Å². The first-order chi connectivity index (χ1) is 20.6. The molecule has 4 N–H and O–H groups in total. The average molecular weight is 590 g/mol. The monoisotopic (exact) mass is 589 g/mol. The van der Waals surface area contributed by atoms with Gasteiger partial charge >= 0.3 is 6.18 Å². The number of aromatic amines is 1. The summed E-state index contributed by atoms with van der Waals surface area (Å²) in [7, 11) is 0. The van der Waals surface area contributed by atoms with Crippen molar-refractivity contribution >= 4 is 34.4 Å². The fourth-order valence-electron chi connectivity index (χ4n) is 5.34. The lowest BCUT2D eigenvalue weighted by molar-refractivity contribution is -0.137. The number of nitrogens with zero attached hydrogens (tertiary/aromatic N) is 6. The Bertz CT molecular complexity index is 1830. The van der Waals surface area contributed by atoms with Gasteiger partial charge in [-0.25, -0.2) is 14.6 Å². The second-order valence-corrected chi connectivity index (χ2v) is 10.3. The normalized spacial score (nSPS) is 15.5. The van der Waals surface area contributed by atoms with Gasteiger partial charge in [0.2, 0.25) is 0 Å². The van der Waals surface area contributed by atoms with Gasteiger partial charge in [0, 0.05) is 48.0 Å². The van der Waals surface area contributed by atoms with Crippen LogP contribution in [0.5, 0.6) is 0 Å². The molecular formula is C29H26F3N9O2. The number of fused-ring (bicyclic) bond motifs is 1. The van der Waals surface area contributed by atoms with Crippen molar-refractivity contribution < 1.29 is 22.8 Å². The minimum atomic E-state index is -4.56. The number of nitrogen functional groups attached to an aromatic ring is 1. The fourth-order valence-corrected chi connectivity index (χ4v) is 5.34. The van der Waals surface area contributed by atoms with Crippen LogP contribution in [-0.4, -0.2) is 59.7 Å². The number of hydrogen-bond donors (Lipinski definition) is 3. The number of alkyl halides is 3. The van der Waals surface area contributed by atoms with Crippen molar-refractivity contribution in [1.82, 2.24) is 34.8 Å². The first-order valence-corrected chi connectivity index (χ1v) is 13.5. The van der Waals surface area contributed by atoms with E-state index in [2.05, 4.69) is 25.5 Å². The summed E-state index contributed by atoms with van der Waals surface area (Å²) in [6, 6.07) is 9.84. The lowest BCUT2D eigenvalue weighted by Crippen LogP contribution is -2.39. The molecule has 5 heterocycles. The third-order valence-corrected chi connectivity index (χ3v) is 7.51. The Hall–Kier alpha value is -5.27. The quantitative estimate of drug-likeness (QED) is 0.269. The number of aromatic nitrogens is 6. The highest BCUT2D eigenvalue weighted by atomic mass is 19.4. The smallest absolute Gasteiger partial charge is 0.382 e. The number of H-pyrrole nitrogens is 1. The average Bonchev–Trinajstić information content (AvgIpc) is 3.61. The Labute approximate surface area is 242 Å². The van der Waals surface area contributed by atoms with E-state index in [1.54, 1.807) is 23.0 Å². The highest BCUT2D eigenvalue weighted by molar-refractivity contribution is 6.04. The number of piperidine rings is 1. The van der Waals surface area contributed by atoms with E-state index in [9.17, 15) is 22.8 Å². The number of rotatable bonds is 5. The number of benzene rings is 1. The summed E-state index contributed by atoms with van der Waals surface area (Å²) in [5.41, 5.74) is 8.82. The minimum absolute atomic E-state index is 0.0551. The standard InChI is InChI=1S/C29H26F3N9O2/c1-16-22(14-36-38-16)28(43)40-12-2-3-18(15-40)24-21-9-11-35-26(33)25(21)41(39-24)20-6-4-17(5-7-20)27(42)37-23-13-19(8-10-34-23)29(30,31)32/h4-11,13-14,18H,2-3,12,15H2,1H3,(H2,33,35)(H,36,38)(H,34,37,42)/t18-/m1/s1. The lowest BCUT2D eigenvalue weighted by atomic mass is 9.92. The summed E-state index contributed by atoms with van der Waals surface area (Å²) in [5.74, 6) is -0.708. The van der Waals surface area contributed by atoms with Crippen LogP contribution in [0.3, 0.4) is 0 Å². The van der Waals surface area contributed by atoms with Gasteiger partial charge < -0.3 is 16.0 Å². The van der Waals surface area contributed by atoms with E-state index >= 15 is 0 Å². The summed E-state index contributed by atoms with van der Waals surface area (Å²) in [6.45, 7) is 2.91. The molecule has 0 unspecified atom stereocenters. The van der Waals surface area contributed by atoms with Crippen LogP contribution in [0.25, 0.3) is 16.6 Å². The number of hydrogen-bond acceptors (Lipinski definition) is 7. The molecule has 11 nitrogen and oxygen atoms in total. The van der Waals surface area contributed by atoms with Crippen molar-refractivity contribution in [3.05, 3.63) is 89.1 Å². The maximum Gasteiger partial charge on any atom is 0.416 e. The zero-order valence-electron chi connectivity index (χ0n) is 22.9. The molecule has 1 atom stereocenters. The van der Waals surface area contributed by atoms with Crippen LogP contribution >= 0.6 is 0 Å². The zero-order valence-corrected chi connectivity index (χ0v) is 22.9. The maximum absolute atomic E-state index is 13.2. The van der Waals surface area contributed by atoms with Crippen LogP contribution in [0.4, 0.5) is 24.8 Å². The molecular weight excluding hydrogens is 563 g/mol. The molecule has 0 aliphatic carbocycles. The second kappa shape index (κ2) is 10.9. The van der Waals surface area contributed by atoms with Gasteiger partial charge in [-0.15, -0.1) is 0 Å². The van der Waals surface area contributed by atoms with Gasteiger partial charge in [-0.2, -0.15) is 23.4 Å². The Morgan fingerprint density at radius 2 is 1.86 bits per heavy atom. The predicted molar refractivity (Wildman–Crippen MR) is 152 cm³/mol. The van der Waals surface area contributed by atoms with Crippen LogP contribution in [0, 0.1) is 6.92 Å². The predicted octanol–water partition coefficient (Wildman–Crippen LogP) is 4.72. The van der Waals surface area contributed by atoms with Crippen molar-refractivity contribution in [3.63, 3.8) is 0 Å². The molecule has 1 fully saturated rings. The summed E-state index contributed by atoms with van der Waals surface area (Å²) in [6.07, 6.45) is 1.20. The number of halogens is 3. The molecule has 1 aliphatic heterocycles. The lowest BCUT2D eigenvalue weighted by Gasteiger charge is -2.32. The van der Waals surface area contributed by atoms with Crippen molar-refractivity contribution in [2.24, 2.45) is 0 Å². The van der Waals surface area contributed by atoms with Gasteiger partial charge in [-0.3, -0.25) is 14.7 Å². The topological polar surface area (TPSA) is 148 Å². The van der Waals surface area contributed by atoms with Gasteiger partial charge in [0.05, 0.1) is 28.7 Å². The summed E-state index contributed by atoms with van der Waals surface area (Å²) in [5, 5.41) is 14.9. The van der Waals surface area contributed by atoms with Crippen LogP contribution in [0.2, 0.25) is 0 Å². The maximum atomic E-state index is 13.2. The molecule has 0 saturated carbocycles. The molecule has 2 amide bonds. The largest absolute Gasteiger partial charge is 0.416 e. The molecule has 1 aliphatic rings. The number of nitrogens with one attached hydrogen (secondary N) is 2. The van der Waals surface area contributed by atoms with Crippen molar-refractivity contribution in [2.45, 2.75) is 31.9 Å². The van der Waals surface area contributed by atoms with Crippen LogP contribution in [0.1, 0.15) is 56.4 Å². The number of aryl methyl sites for hydroxylation is 1. The Kier molecular flexibility index (Phi) is 7.04. The van der Waals surface area contributed by atoms with E-state index in [4.69, 9.17) is 10.8 Å². The third-order valence-electron chi connectivity index (χ3n) is 7.51. The Balaban J connectivity index is 1.27. The zero-order chi connectivity index (χ0) is 30.3. The Morgan fingerprint density at radius 3 is 2.58 bits per heavy atom. The molecule has 0 bridgehead atoms. The fraction of sp³-hybridized carbons (Fsp3) is 0.241. The van der Waals surface area contributed by atoms with Crippen LogP contribution in [0.15, 0.2) is 61.1 Å². The number of pyridine rings is 2. The molecule has 4 aromatic heterocycles. The van der Waals surface area contributed by atoms with Gasteiger partial charge in [0.1, 0.15) is 17.2 Å². The van der Waals surface area contributed by atoms with E-state index < -0.39 is 17.6 Å². The van der Waals surface area contributed by atoms with Gasteiger partial charge in [0.15, 0.2) is 0 Å². The SMILES string of the molecule is Cc1[nH]ncc1C(=O)N1CCC[C@@H](c2nn(-c3ccc(C(=O)Nc4cc(C(F)(F)F)ccn4)cc3)c3c(N)nccc23)C1. The van der Waals surface area contributed by atoms with Crippen molar-refractivity contribution in [2.75, 3.05) is 24.1 Å². The molecule has 6 rings (SSSR count). The van der Waals surface area contributed by atoms with Crippen molar-refractivity contribution in [3.8, 4) is 5.69 Å².